The van der Waals surface area contributed by atoms with E-state index in [1.807, 2.05) is 4.90 Å². The smallest absolute Gasteiger partial charge is 0.306 e. The van der Waals surface area contributed by atoms with E-state index >= 15 is 0 Å². The molecule has 0 bridgehead atoms. The molecule has 1 aliphatic rings. The topological polar surface area (TPSA) is 76.1 Å². The number of hydrogen-bond acceptors (Lipinski definition) is 7. The Labute approximate surface area is 332 Å². The zero-order valence-corrected chi connectivity index (χ0v) is 36.6. The number of ether oxygens (including phenoxy) is 2. The Morgan fingerprint density at radius 2 is 0.868 bits per heavy atom. The molecule has 0 aromatic carbocycles. The first-order chi connectivity index (χ1) is 25.7. The lowest BCUT2D eigenvalue weighted by atomic mass is 9.91. The van der Waals surface area contributed by atoms with Gasteiger partial charge in [0, 0.05) is 37.2 Å². The maximum Gasteiger partial charge on any atom is 0.306 e. The van der Waals surface area contributed by atoms with Gasteiger partial charge in [0.25, 0.3) is 5.24 Å². The van der Waals surface area contributed by atoms with E-state index in [4.69, 9.17) is 9.47 Å². The summed E-state index contributed by atoms with van der Waals surface area (Å²) < 4.78 is 12.1. The number of rotatable bonds is 36. The van der Waals surface area contributed by atoms with Crippen molar-refractivity contribution in [2.75, 3.05) is 27.2 Å². The third-order valence-corrected chi connectivity index (χ3v) is 12.2. The molecule has 0 spiro atoms. The quantitative estimate of drug-likeness (QED) is 0.0464. The van der Waals surface area contributed by atoms with E-state index in [9.17, 15) is 14.4 Å². The minimum atomic E-state index is -0.135. The second-order valence-corrected chi connectivity index (χ2v) is 17.6. The summed E-state index contributed by atoms with van der Waals surface area (Å²) >= 11 is 1.44. The molecule has 0 radical (unpaired) electrons. The number of carbonyl (C=O) groups excluding carboxylic acids is 3. The Morgan fingerprint density at radius 1 is 0.528 bits per heavy atom. The summed E-state index contributed by atoms with van der Waals surface area (Å²) in [5.41, 5.74) is 0. The van der Waals surface area contributed by atoms with Crippen LogP contribution in [0.2, 0.25) is 0 Å². The maximum atomic E-state index is 13.5. The predicted molar refractivity (Wildman–Crippen MR) is 227 cm³/mol. The Bertz CT molecular complexity index is 816. The van der Waals surface area contributed by atoms with Gasteiger partial charge in [-0.1, -0.05) is 142 Å². The van der Waals surface area contributed by atoms with E-state index in [0.29, 0.717) is 50.1 Å². The molecule has 0 aromatic rings. The highest BCUT2D eigenvalue weighted by molar-refractivity contribution is 8.14. The molecule has 1 amide bonds. The standard InChI is InChI=1S/C45H86N2O5S/c1-7-11-15-19-23-29-40(30-24-20-16-12-8-2)51-43(48)33-27-35-47(45(50)53-42-37-39(38-42)46(5)6)36-28-34-44(49)52-41(31-25-21-17-13-9-3)32-26-22-18-14-10-4/h39-42H,7-38H2,1-6H3. The van der Waals surface area contributed by atoms with Crippen molar-refractivity contribution in [2.45, 2.75) is 244 Å². The fourth-order valence-corrected chi connectivity index (χ4v) is 8.57. The summed E-state index contributed by atoms with van der Waals surface area (Å²) in [6, 6.07) is 0.538. The van der Waals surface area contributed by atoms with Gasteiger partial charge < -0.3 is 19.3 Å². The molecule has 0 aliphatic heterocycles. The third-order valence-electron chi connectivity index (χ3n) is 11.1. The molecule has 1 saturated carbocycles. The highest BCUT2D eigenvalue weighted by Gasteiger charge is 2.34. The van der Waals surface area contributed by atoms with Crippen molar-refractivity contribution in [1.82, 2.24) is 9.80 Å². The lowest BCUT2D eigenvalue weighted by molar-refractivity contribution is -0.150. The molecule has 0 unspecified atom stereocenters. The minimum absolute atomic E-state index is 0.00447. The number of thioether (sulfide) groups is 1. The van der Waals surface area contributed by atoms with Crippen LogP contribution in [0.1, 0.15) is 220 Å². The molecule has 1 aliphatic carbocycles. The lowest BCUT2D eigenvalue weighted by Gasteiger charge is -2.39. The van der Waals surface area contributed by atoms with E-state index in [2.05, 4.69) is 46.7 Å². The molecular weight excluding hydrogens is 681 g/mol. The first-order valence-corrected chi connectivity index (χ1v) is 23.6. The summed E-state index contributed by atoms with van der Waals surface area (Å²) in [4.78, 5) is 43.8. The molecule has 312 valence electrons. The van der Waals surface area contributed by atoms with Crippen molar-refractivity contribution in [2.24, 2.45) is 0 Å². The Balaban J connectivity index is 2.70. The average molecular weight is 767 g/mol. The van der Waals surface area contributed by atoms with Gasteiger partial charge in [-0.25, -0.2) is 0 Å². The SMILES string of the molecule is CCCCCCCC(CCCCCCC)OC(=O)CCCN(CCCC(=O)OC(CCCCCCC)CCCCCCC)C(=O)SC1CC(N(C)C)C1. The van der Waals surface area contributed by atoms with Crippen LogP contribution in [-0.4, -0.2) is 77.7 Å². The van der Waals surface area contributed by atoms with Crippen molar-refractivity contribution in [3.05, 3.63) is 0 Å². The number of esters is 2. The molecule has 8 heteroatoms. The number of unbranched alkanes of at least 4 members (excludes halogenated alkanes) is 16. The van der Waals surface area contributed by atoms with Crippen LogP contribution in [-0.2, 0) is 19.1 Å². The van der Waals surface area contributed by atoms with E-state index in [1.54, 1.807) is 0 Å². The molecular formula is C45H86N2O5S. The van der Waals surface area contributed by atoms with E-state index in [0.717, 1.165) is 64.2 Å². The lowest BCUT2D eigenvalue weighted by Crippen LogP contribution is -2.43. The largest absolute Gasteiger partial charge is 0.462 e. The molecule has 0 heterocycles. The fourth-order valence-electron chi connectivity index (χ4n) is 7.31. The van der Waals surface area contributed by atoms with Crippen molar-refractivity contribution < 1.29 is 23.9 Å². The van der Waals surface area contributed by atoms with Gasteiger partial charge in [-0.15, -0.1) is 0 Å². The molecule has 0 N–H and O–H groups in total. The fraction of sp³-hybridized carbons (Fsp3) is 0.933. The molecule has 0 atom stereocenters. The Hall–Kier alpha value is -1.28. The van der Waals surface area contributed by atoms with Crippen LogP contribution in [0.15, 0.2) is 0 Å². The van der Waals surface area contributed by atoms with Gasteiger partial charge in [-0.3, -0.25) is 14.4 Å². The van der Waals surface area contributed by atoms with Gasteiger partial charge in [-0.2, -0.15) is 0 Å². The molecule has 1 rings (SSSR count). The zero-order valence-electron chi connectivity index (χ0n) is 35.8. The first-order valence-electron chi connectivity index (χ1n) is 22.7. The minimum Gasteiger partial charge on any atom is -0.462 e. The molecule has 7 nitrogen and oxygen atoms in total. The highest BCUT2D eigenvalue weighted by Crippen LogP contribution is 2.35. The van der Waals surface area contributed by atoms with Crippen LogP contribution < -0.4 is 0 Å². The molecule has 0 aromatic heterocycles. The molecule has 53 heavy (non-hydrogen) atoms. The summed E-state index contributed by atoms with van der Waals surface area (Å²) in [6.45, 7) is 9.97. The van der Waals surface area contributed by atoms with Crippen LogP contribution in [0.3, 0.4) is 0 Å². The Kier molecular flexibility index (Phi) is 31.9. The maximum absolute atomic E-state index is 13.5. The first kappa shape index (κ1) is 49.7. The highest BCUT2D eigenvalue weighted by atomic mass is 32.2. The van der Waals surface area contributed by atoms with Crippen LogP contribution >= 0.6 is 11.8 Å². The summed E-state index contributed by atoms with van der Waals surface area (Å²) in [7, 11) is 4.20. The van der Waals surface area contributed by atoms with Crippen molar-refractivity contribution in [3.63, 3.8) is 0 Å². The van der Waals surface area contributed by atoms with Crippen molar-refractivity contribution in [3.8, 4) is 0 Å². The third kappa shape index (κ3) is 27.0. The van der Waals surface area contributed by atoms with Crippen molar-refractivity contribution >= 4 is 28.9 Å². The number of carbonyl (C=O) groups is 3. The number of amides is 1. The van der Waals surface area contributed by atoms with Gasteiger partial charge in [-0.05, 0) is 91.1 Å². The van der Waals surface area contributed by atoms with E-state index in [-0.39, 0.29) is 29.4 Å². The van der Waals surface area contributed by atoms with E-state index in [1.165, 1.54) is 114 Å². The molecule has 0 saturated heterocycles. The predicted octanol–water partition coefficient (Wildman–Crippen LogP) is 13.1. The van der Waals surface area contributed by atoms with Gasteiger partial charge in [0.15, 0.2) is 0 Å². The second kappa shape index (κ2) is 34.0. The monoisotopic (exact) mass is 767 g/mol. The second-order valence-electron chi connectivity index (χ2n) is 16.3. The molecule has 1 fully saturated rings. The van der Waals surface area contributed by atoms with Crippen LogP contribution in [0.4, 0.5) is 4.79 Å². The number of hydrogen-bond donors (Lipinski definition) is 0. The van der Waals surface area contributed by atoms with Crippen LogP contribution in [0.25, 0.3) is 0 Å². The zero-order chi connectivity index (χ0) is 38.9. The van der Waals surface area contributed by atoms with Gasteiger partial charge in [0.05, 0.1) is 0 Å². The van der Waals surface area contributed by atoms with Crippen LogP contribution in [0, 0.1) is 0 Å². The van der Waals surface area contributed by atoms with Gasteiger partial charge in [0.2, 0.25) is 0 Å². The summed E-state index contributed by atoms with van der Waals surface area (Å²) in [5, 5.41) is 0.404. The van der Waals surface area contributed by atoms with Gasteiger partial charge in [0.1, 0.15) is 12.2 Å². The Morgan fingerprint density at radius 3 is 1.19 bits per heavy atom. The van der Waals surface area contributed by atoms with Crippen molar-refractivity contribution in [1.29, 1.82) is 0 Å². The normalized spacial score (nSPS) is 15.6. The van der Waals surface area contributed by atoms with Gasteiger partial charge >= 0.3 is 11.9 Å². The summed E-state index contributed by atoms with van der Waals surface area (Å²) in [6.07, 6.45) is 32.0. The average Bonchev–Trinajstić information content (AvgIpc) is 3.11. The van der Waals surface area contributed by atoms with Crippen LogP contribution in [0.5, 0.6) is 0 Å². The van der Waals surface area contributed by atoms with E-state index < -0.39 is 0 Å². The number of nitrogens with zero attached hydrogens (tertiary/aromatic N) is 2. The summed E-state index contributed by atoms with van der Waals surface area (Å²) in [5.74, 6) is -0.270.